The average Bonchev–Trinajstić information content (AvgIpc) is 2.35. The monoisotopic (exact) mass is 228 g/mol. The van der Waals surface area contributed by atoms with Crippen LogP contribution in [0, 0.1) is 6.92 Å². The second-order valence-electron chi connectivity index (χ2n) is 3.74. The smallest absolute Gasteiger partial charge is 0.271 e. The largest absolute Gasteiger partial charge is 0.327 e. The maximum atomic E-state index is 11.8. The number of pyridine rings is 1. The fourth-order valence-corrected chi connectivity index (χ4v) is 1.47. The van der Waals surface area contributed by atoms with Gasteiger partial charge in [-0.25, -0.2) is 0 Å². The molecular formula is C13H12N2O2. The number of carbonyl (C=O) groups excluding carboxylic acids is 1. The number of rotatable bonds is 2. The summed E-state index contributed by atoms with van der Waals surface area (Å²) in [6.45, 7) is 1.84. The zero-order valence-electron chi connectivity index (χ0n) is 9.36. The van der Waals surface area contributed by atoms with Crippen molar-refractivity contribution in [3.05, 3.63) is 64.1 Å². The maximum Gasteiger partial charge on any atom is 0.271 e. The Labute approximate surface area is 98.3 Å². The third-order valence-corrected chi connectivity index (χ3v) is 2.33. The van der Waals surface area contributed by atoms with Gasteiger partial charge in [-0.15, -0.1) is 0 Å². The molecule has 0 fully saturated rings. The Hall–Kier alpha value is -2.36. The first kappa shape index (κ1) is 11.1. The van der Waals surface area contributed by atoms with Crippen LogP contribution in [0.1, 0.15) is 15.9 Å². The number of nitrogens with one attached hydrogen (secondary N) is 2. The quantitative estimate of drug-likeness (QED) is 0.825. The average molecular weight is 228 g/mol. The Morgan fingerprint density at radius 3 is 2.65 bits per heavy atom. The highest BCUT2D eigenvalue weighted by Gasteiger charge is 2.07. The molecule has 86 valence electrons. The number of aryl methyl sites for hydroxylation is 1. The topological polar surface area (TPSA) is 62.0 Å². The van der Waals surface area contributed by atoms with Crippen molar-refractivity contribution in [2.75, 3.05) is 5.32 Å². The Morgan fingerprint density at radius 2 is 1.94 bits per heavy atom. The number of hydrogen-bond donors (Lipinski definition) is 2. The number of benzene rings is 1. The molecule has 0 aliphatic carbocycles. The summed E-state index contributed by atoms with van der Waals surface area (Å²) in [7, 11) is 0. The van der Waals surface area contributed by atoms with Crippen LogP contribution in [0.4, 0.5) is 5.69 Å². The summed E-state index contributed by atoms with van der Waals surface area (Å²) in [4.78, 5) is 25.8. The Morgan fingerprint density at radius 1 is 1.24 bits per heavy atom. The number of aromatic amines is 1. The molecule has 0 aliphatic heterocycles. The van der Waals surface area contributed by atoms with Crippen molar-refractivity contribution in [3.63, 3.8) is 0 Å². The number of H-pyrrole nitrogens is 1. The van der Waals surface area contributed by atoms with Gasteiger partial charge in [0.2, 0.25) is 0 Å². The van der Waals surface area contributed by atoms with E-state index >= 15 is 0 Å². The maximum absolute atomic E-state index is 11.8. The Balaban J connectivity index is 2.25. The lowest BCUT2D eigenvalue weighted by atomic mass is 10.2. The van der Waals surface area contributed by atoms with Crippen LogP contribution in [0.3, 0.4) is 0 Å². The van der Waals surface area contributed by atoms with Crippen molar-refractivity contribution in [1.82, 2.24) is 4.98 Å². The van der Waals surface area contributed by atoms with E-state index < -0.39 is 0 Å². The zero-order chi connectivity index (χ0) is 12.3. The van der Waals surface area contributed by atoms with E-state index in [0.29, 0.717) is 5.56 Å². The number of hydrogen-bond acceptors (Lipinski definition) is 2. The zero-order valence-corrected chi connectivity index (χ0v) is 9.36. The van der Waals surface area contributed by atoms with Gasteiger partial charge in [-0.1, -0.05) is 18.2 Å². The van der Waals surface area contributed by atoms with Crippen LogP contribution >= 0.6 is 0 Å². The number of aromatic nitrogens is 1. The van der Waals surface area contributed by atoms with Crippen molar-refractivity contribution in [2.24, 2.45) is 0 Å². The van der Waals surface area contributed by atoms with Crippen molar-refractivity contribution in [3.8, 4) is 0 Å². The molecule has 1 aromatic carbocycles. The van der Waals surface area contributed by atoms with Crippen molar-refractivity contribution in [2.45, 2.75) is 6.92 Å². The number of amides is 1. The van der Waals surface area contributed by atoms with Gasteiger partial charge in [0.05, 0.1) is 0 Å². The SMILES string of the molecule is Cc1c[nH]c(=O)c(NC(=O)c2ccccc2)c1. The fourth-order valence-electron chi connectivity index (χ4n) is 1.47. The molecule has 1 amide bonds. The number of anilines is 1. The summed E-state index contributed by atoms with van der Waals surface area (Å²) in [6, 6.07) is 10.4. The lowest BCUT2D eigenvalue weighted by Crippen LogP contribution is -2.19. The molecule has 0 radical (unpaired) electrons. The summed E-state index contributed by atoms with van der Waals surface area (Å²) in [5, 5.41) is 2.58. The molecule has 0 aliphatic rings. The van der Waals surface area contributed by atoms with Crippen LogP contribution in [-0.2, 0) is 0 Å². The summed E-state index contributed by atoms with van der Waals surface area (Å²) in [5.41, 5.74) is 1.36. The van der Waals surface area contributed by atoms with Crippen LogP contribution < -0.4 is 10.9 Å². The molecule has 4 heteroatoms. The predicted molar refractivity (Wildman–Crippen MR) is 66.2 cm³/mol. The van der Waals surface area contributed by atoms with Gasteiger partial charge in [-0.05, 0) is 30.7 Å². The molecule has 0 bridgehead atoms. The summed E-state index contributed by atoms with van der Waals surface area (Å²) >= 11 is 0. The standard InChI is InChI=1S/C13H12N2O2/c1-9-7-11(13(17)14-8-9)15-12(16)10-5-3-2-4-6-10/h2-8H,1H3,(H,14,17)(H,15,16). The van der Waals surface area contributed by atoms with Gasteiger partial charge in [0.15, 0.2) is 0 Å². The first-order valence-electron chi connectivity index (χ1n) is 5.22. The highest BCUT2D eigenvalue weighted by Crippen LogP contribution is 2.05. The lowest BCUT2D eigenvalue weighted by Gasteiger charge is -2.04. The molecule has 0 saturated carbocycles. The van der Waals surface area contributed by atoms with E-state index in [2.05, 4.69) is 10.3 Å². The van der Waals surface area contributed by atoms with E-state index in [1.165, 1.54) is 0 Å². The summed E-state index contributed by atoms with van der Waals surface area (Å²) in [5.74, 6) is -0.290. The van der Waals surface area contributed by atoms with Gasteiger partial charge in [0.1, 0.15) is 5.69 Å². The Bertz CT molecular complexity index is 588. The van der Waals surface area contributed by atoms with E-state index in [9.17, 15) is 9.59 Å². The van der Waals surface area contributed by atoms with Crippen molar-refractivity contribution in [1.29, 1.82) is 0 Å². The van der Waals surface area contributed by atoms with Gasteiger partial charge in [-0.2, -0.15) is 0 Å². The van der Waals surface area contributed by atoms with E-state index in [0.717, 1.165) is 5.56 Å². The van der Waals surface area contributed by atoms with E-state index in [4.69, 9.17) is 0 Å². The van der Waals surface area contributed by atoms with Gasteiger partial charge in [-0.3, -0.25) is 9.59 Å². The third-order valence-electron chi connectivity index (χ3n) is 2.33. The molecule has 4 nitrogen and oxygen atoms in total. The first-order chi connectivity index (χ1) is 8.16. The molecule has 1 aromatic heterocycles. The molecular weight excluding hydrogens is 216 g/mol. The second kappa shape index (κ2) is 4.65. The fraction of sp³-hybridized carbons (Fsp3) is 0.0769. The molecule has 2 N–H and O–H groups in total. The first-order valence-corrected chi connectivity index (χ1v) is 5.22. The van der Waals surface area contributed by atoms with E-state index in [-0.39, 0.29) is 17.2 Å². The Kier molecular flexibility index (Phi) is 3.05. The van der Waals surface area contributed by atoms with Crippen LogP contribution in [-0.4, -0.2) is 10.9 Å². The summed E-state index contributed by atoms with van der Waals surface area (Å²) < 4.78 is 0. The molecule has 2 rings (SSSR count). The molecule has 0 atom stereocenters. The van der Waals surface area contributed by atoms with Gasteiger partial charge in [0.25, 0.3) is 11.5 Å². The third kappa shape index (κ3) is 2.60. The van der Waals surface area contributed by atoms with Crippen LogP contribution in [0.25, 0.3) is 0 Å². The number of carbonyl (C=O) groups is 1. The second-order valence-corrected chi connectivity index (χ2v) is 3.74. The highest BCUT2D eigenvalue weighted by atomic mass is 16.2. The van der Waals surface area contributed by atoms with E-state index in [1.807, 2.05) is 13.0 Å². The van der Waals surface area contributed by atoms with Gasteiger partial charge >= 0.3 is 0 Å². The van der Waals surface area contributed by atoms with Crippen molar-refractivity contribution < 1.29 is 4.79 Å². The van der Waals surface area contributed by atoms with Crippen LogP contribution in [0.2, 0.25) is 0 Å². The highest BCUT2D eigenvalue weighted by molar-refractivity contribution is 6.04. The van der Waals surface area contributed by atoms with Crippen LogP contribution in [0.15, 0.2) is 47.4 Å². The summed E-state index contributed by atoms with van der Waals surface area (Å²) in [6.07, 6.45) is 1.60. The minimum Gasteiger partial charge on any atom is -0.327 e. The minimum atomic E-state index is -0.306. The van der Waals surface area contributed by atoms with E-state index in [1.54, 1.807) is 36.5 Å². The van der Waals surface area contributed by atoms with Crippen LogP contribution in [0.5, 0.6) is 0 Å². The molecule has 17 heavy (non-hydrogen) atoms. The molecule has 0 saturated heterocycles. The van der Waals surface area contributed by atoms with Crippen molar-refractivity contribution >= 4 is 11.6 Å². The predicted octanol–water partition coefficient (Wildman–Crippen LogP) is 1.94. The molecule has 2 aromatic rings. The normalized spacial score (nSPS) is 9.94. The molecule has 0 unspecified atom stereocenters. The lowest BCUT2D eigenvalue weighted by molar-refractivity contribution is 0.102. The molecule has 1 heterocycles. The van der Waals surface area contributed by atoms with Gasteiger partial charge in [0, 0.05) is 11.8 Å². The minimum absolute atomic E-state index is 0.263. The molecule has 0 spiro atoms. The van der Waals surface area contributed by atoms with Gasteiger partial charge < -0.3 is 10.3 Å².